The van der Waals surface area contributed by atoms with Gasteiger partial charge in [0.15, 0.2) is 0 Å². The molecule has 0 radical (unpaired) electrons. The van der Waals surface area contributed by atoms with Crippen LogP contribution in [0.1, 0.15) is 5.69 Å². The molecule has 0 bridgehead atoms. The highest BCUT2D eigenvalue weighted by Crippen LogP contribution is 2.24. The fourth-order valence-electron chi connectivity index (χ4n) is 1.82. The van der Waals surface area contributed by atoms with Crippen LogP contribution in [0.4, 0.5) is 11.4 Å². The van der Waals surface area contributed by atoms with Gasteiger partial charge in [0.2, 0.25) is 5.89 Å². The summed E-state index contributed by atoms with van der Waals surface area (Å²) in [7, 11) is 0. The zero-order valence-electron chi connectivity index (χ0n) is 10.9. The molecule has 0 unspecified atom stereocenters. The fourth-order valence-corrected chi connectivity index (χ4v) is 2.48. The number of anilines is 1. The summed E-state index contributed by atoms with van der Waals surface area (Å²) in [6.45, 7) is 0.441. The van der Waals surface area contributed by atoms with Gasteiger partial charge in [0.25, 0.3) is 5.69 Å². The topological polar surface area (TPSA) is 81.2 Å². The maximum atomic E-state index is 10.7. The number of aromatic nitrogens is 1. The molecule has 7 heteroatoms. The lowest BCUT2D eigenvalue weighted by Crippen LogP contribution is -2.00. The number of non-ortho nitro benzene ring substituents is 1. The number of thiophene rings is 1. The molecule has 0 atom stereocenters. The highest BCUT2D eigenvalue weighted by Gasteiger charge is 2.08. The van der Waals surface area contributed by atoms with Gasteiger partial charge in [0.1, 0.15) is 6.26 Å². The monoisotopic (exact) mass is 301 g/mol. The Hall–Kier alpha value is -2.67. The lowest BCUT2D eigenvalue weighted by atomic mass is 10.3. The van der Waals surface area contributed by atoms with E-state index in [1.54, 1.807) is 29.7 Å². The number of hydrogen-bond acceptors (Lipinski definition) is 6. The standard InChI is InChI=1S/C14H11N3O3S/c18-17(19)12-4-1-3-10(7-12)15-8-11-9-20-14(16-11)13-5-2-6-21-13/h1-7,9,15H,8H2. The van der Waals surface area contributed by atoms with E-state index in [9.17, 15) is 10.1 Å². The second kappa shape index (κ2) is 5.76. The van der Waals surface area contributed by atoms with Gasteiger partial charge in [0.05, 0.1) is 22.0 Å². The third-order valence-electron chi connectivity index (χ3n) is 2.81. The van der Waals surface area contributed by atoms with Gasteiger partial charge in [-0.1, -0.05) is 12.1 Å². The Bertz CT molecular complexity index is 752. The van der Waals surface area contributed by atoms with E-state index in [4.69, 9.17) is 4.42 Å². The van der Waals surface area contributed by atoms with Crippen molar-refractivity contribution in [2.45, 2.75) is 6.54 Å². The molecule has 0 amide bonds. The van der Waals surface area contributed by atoms with Crippen molar-refractivity contribution in [3.05, 3.63) is 63.8 Å². The van der Waals surface area contributed by atoms with Gasteiger partial charge in [-0.2, -0.15) is 0 Å². The summed E-state index contributed by atoms with van der Waals surface area (Å²) in [4.78, 5) is 15.6. The predicted molar refractivity (Wildman–Crippen MR) is 80.2 cm³/mol. The summed E-state index contributed by atoms with van der Waals surface area (Å²) in [5.41, 5.74) is 1.47. The maximum absolute atomic E-state index is 10.7. The molecule has 0 spiro atoms. The summed E-state index contributed by atoms with van der Waals surface area (Å²) in [5.74, 6) is 0.584. The van der Waals surface area contributed by atoms with Crippen molar-refractivity contribution >= 4 is 22.7 Å². The summed E-state index contributed by atoms with van der Waals surface area (Å²) >= 11 is 1.56. The van der Waals surface area contributed by atoms with Crippen molar-refractivity contribution in [2.75, 3.05) is 5.32 Å². The number of nitrogens with zero attached hydrogens (tertiary/aromatic N) is 2. The number of nitro groups is 1. The van der Waals surface area contributed by atoms with Crippen LogP contribution in [0.5, 0.6) is 0 Å². The Morgan fingerprint density at radius 1 is 1.33 bits per heavy atom. The Labute approximate surface area is 124 Å². The first-order valence-electron chi connectivity index (χ1n) is 6.19. The predicted octanol–water partition coefficient (Wildman–Crippen LogP) is 3.92. The van der Waals surface area contributed by atoms with E-state index in [0.717, 1.165) is 10.6 Å². The lowest BCUT2D eigenvalue weighted by molar-refractivity contribution is -0.384. The average molecular weight is 301 g/mol. The Morgan fingerprint density at radius 3 is 3.00 bits per heavy atom. The molecule has 1 aromatic carbocycles. The van der Waals surface area contributed by atoms with Crippen molar-refractivity contribution in [3.63, 3.8) is 0 Å². The van der Waals surface area contributed by atoms with E-state index in [-0.39, 0.29) is 5.69 Å². The van der Waals surface area contributed by atoms with Crippen LogP contribution >= 0.6 is 11.3 Å². The van der Waals surface area contributed by atoms with Crippen molar-refractivity contribution < 1.29 is 9.34 Å². The summed E-state index contributed by atoms with van der Waals surface area (Å²) in [6.07, 6.45) is 1.58. The number of nitrogens with one attached hydrogen (secondary N) is 1. The molecule has 1 N–H and O–H groups in total. The Morgan fingerprint density at radius 2 is 2.24 bits per heavy atom. The van der Waals surface area contributed by atoms with Gasteiger partial charge in [-0.25, -0.2) is 4.98 Å². The van der Waals surface area contributed by atoms with E-state index >= 15 is 0 Å². The molecule has 3 rings (SSSR count). The zero-order chi connectivity index (χ0) is 14.7. The van der Waals surface area contributed by atoms with Crippen LogP contribution in [0.25, 0.3) is 10.8 Å². The summed E-state index contributed by atoms with van der Waals surface area (Å²) in [6, 6.07) is 10.2. The summed E-state index contributed by atoms with van der Waals surface area (Å²) in [5, 5.41) is 15.8. The maximum Gasteiger partial charge on any atom is 0.271 e. The molecule has 3 aromatic rings. The second-order valence-electron chi connectivity index (χ2n) is 4.28. The first kappa shape index (κ1) is 13.3. The molecule has 2 aromatic heterocycles. The Balaban J connectivity index is 1.68. The lowest BCUT2D eigenvalue weighted by Gasteiger charge is -2.03. The van der Waals surface area contributed by atoms with Crippen molar-refractivity contribution in [2.24, 2.45) is 0 Å². The van der Waals surface area contributed by atoms with Crippen LogP contribution in [-0.4, -0.2) is 9.91 Å². The van der Waals surface area contributed by atoms with Crippen LogP contribution in [0, 0.1) is 10.1 Å². The smallest absolute Gasteiger partial charge is 0.271 e. The SMILES string of the molecule is O=[N+]([O-])c1cccc(NCc2coc(-c3cccs3)n2)c1. The minimum absolute atomic E-state index is 0.0550. The Kier molecular flexibility index (Phi) is 3.65. The molecule has 6 nitrogen and oxygen atoms in total. The van der Waals surface area contributed by atoms with Crippen LogP contribution in [0.2, 0.25) is 0 Å². The second-order valence-corrected chi connectivity index (χ2v) is 5.23. The molecule has 0 aliphatic heterocycles. The van der Waals surface area contributed by atoms with E-state index in [2.05, 4.69) is 10.3 Å². The van der Waals surface area contributed by atoms with Crippen molar-refractivity contribution in [1.29, 1.82) is 0 Å². The van der Waals surface area contributed by atoms with E-state index < -0.39 is 4.92 Å². The number of rotatable bonds is 5. The first-order chi connectivity index (χ1) is 10.2. The number of hydrogen-bond donors (Lipinski definition) is 1. The largest absolute Gasteiger partial charge is 0.443 e. The van der Waals surface area contributed by atoms with Gasteiger partial charge in [-0.15, -0.1) is 11.3 Å². The molecule has 21 heavy (non-hydrogen) atoms. The minimum atomic E-state index is -0.420. The fraction of sp³-hybridized carbons (Fsp3) is 0.0714. The van der Waals surface area contributed by atoms with Crippen LogP contribution in [0.15, 0.2) is 52.5 Å². The third-order valence-corrected chi connectivity index (χ3v) is 3.67. The van der Waals surface area contributed by atoms with Gasteiger partial charge >= 0.3 is 0 Å². The van der Waals surface area contributed by atoms with E-state index in [1.165, 1.54) is 12.1 Å². The van der Waals surface area contributed by atoms with E-state index in [1.807, 2.05) is 17.5 Å². The molecule has 0 saturated carbocycles. The van der Waals surface area contributed by atoms with Gasteiger partial charge < -0.3 is 9.73 Å². The van der Waals surface area contributed by atoms with E-state index in [0.29, 0.717) is 18.1 Å². The van der Waals surface area contributed by atoms with Gasteiger partial charge in [0, 0.05) is 17.8 Å². The molecular formula is C14H11N3O3S. The quantitative estimate of drug-likeness (QED) is 0.570. The number of benzene rings is 1. The average Bonchev–Trinajstić information content (AvgIpc) is 3.16. The molecule has 106 valence electrons. The molecular weight excluding hydrogens is 290 g/mol. The van der Waals surface area contributed by atoms with Crippen LogP contribution < -0.4 is 5.32 Å². The molecule has 2 heterocycles. The summed E-state index contributed by atoms with van der Waals surface area (Å²) < 4.78 is 5.41. The first-order valence-corrected chi connectivity index (χ1v) is 7.07. The highest BCUT2D eigenvalue weighted by molar-refractivity contribution is 7.13. The number of oxazole rings is 1. The van der Waals surface area contributed by atoms with Crippen LogP contribution in [-0.2, 0) is 6.54 Å². The number of nitro benzene ring substituents is 1. The van der Waals surface area contributed by atoms with Crippen molar-refractivity contribution in [1.82, 2.24) is 4.98 Å². The molecule has 0 fully saturated rings. The molecule has 0 aliphatic carbocycles. The van der Waals surface area contributed by atoms with Crippen molar-refractivity contribution in [3.8, 4) is 10.8 Å². The normalized spacial score (nSPS) is 10.5. The minimum Gasteiger partial charge on any atom is -0.443 e. The third kappa shape index (κ3) is 3.09. The van der Waals surface area contributed by atoms with Crippen LogP contribution in [0.3, 0.4) is 0 Å². The molecule has 0 aliphatic rings. The van der Waals surface area contributed by atoms with Gasteiger partial charge in [-0.05, 0) is 17.5 Å². The zero-order valence-corrected chi connectivity index (χ0v) is 11.7. The molecule has 0 saturated heterocycles. The highest BCUT2D eigenvalue weighted by atomic mass is 32.1. The van der Waals surface area contributed by atoms with Gasteiger partial charge in [-0.3, -0.25) is 10.1 Å².